The molecule has 0 spiro atoms. The van der Waals surface area contributed by atoms with Gasteiger partial charge in [0.1, 0.15) is 5.03 Å². The smallest absolute Gasteiger partial charge is 0.233 e. The molecule has 2 amide bonds. The zero-order chi connectivity index (χ0) is 24.0. The van der Waals surface area contributed by atoms with E-state index in [4.69, 9.17) is 0 Å². The Hall–Kier alpha value is -2.41. The number of benzene rings is 1. The number of carbonyl (C=O) groups excluding carboxylic acids is 2. The molecule has 7 heteroatoms. The van der Waals surface area contributed by atoms with Crippen molar-refractivity contribution < 1.29 is 9.59 Å². The highest BCUT2D eigenvalue weighted by atomic mass is 32.2. The summed E-state index contributed by atoms with van der Waals surface area (Å²) in [6.45, 7) is 12.6. The van der Waals surface area contributed by atoms with Crippen LogP contribution < -0.4 is 0 Å². The van der Waals surface area contributed by atoms with Crippen LogP contribution in [0.25, 0.3) is 11.3 Å². The summed E-state index contributed by atoms with van der Waals surface area (Å²) < 4.78 is 0. The van der Waals surface area contributed by atoms with Crippen molar-refractivity contribution in [2.75, 3.05) is 25.4 Å². The Morgan fingerprint density at radius 1 is 1.06 bits per heavy atom. The number of carbonyl (C=O) groups is 2. The molecule has 1 aromatic carbocycles. The summed E-state index contributed by atoms with van der Waals surface area (Å²) >= 11 is 1.40. The van der Waals surface area contributed by atoms with Gasteiger partial charge < -0.3 is 9.80 Å². The number of aromatic nitrogens is 2. The first-order chi connectivity index (χ1) is 15.6. The fraction of sp³-hybridized carbons (Fsp3) is 0.538. The van der Waals surface area contributed by atoms with Crippen LogP contribution >= 0.6 is 11.8 Å². The highest BCUT2D eigenvalue weighted by Gasteiger charge is 2.30. The van der Waals surface area contributed by atoms with Crippen LogP contribution in [0.5, 0.6) is 0 Å². The Kier molecular flexibility index (Phi) is 8.51. The molecule has 2 heterocycles. The molecule has 0 saturated carbocycles. The van der Waals surface area contributed by atoms with Crippen LogP contribution in [0.4, 0.5) is 0 Å². The second-order valence-electron chi connectivity index (χ2n) is 10.3. The molecule has 1 aliphatic rings. The number of hydrogen-bond acceptors (Lipinski definition) is 5. The van der Waals surface area contributed by atoms with Gasteiger partial charge in [-0.15, -0.1) is 10.2 Å². The van der Waals surface area contributed by atoms with Crippen LogP contribution in [0.2, 0.25) is 0 Å². The Morgan fingerprint density at radius 2 is 1.79 bits per heavy atom. The van der Waals surface area contributed by atoms with E-state index in [9.17, 15) is 9.59 Å². The van der Waals surface area contributed by atoms with Gasteiger partial charge in [0.25, 0.3) is 0 Å². The van der Waals surface area contributed by atoms with E-state index in [1.807, 2.05) is 59.2 Å². The molecule has 0 bridgehead atoms. The largest absolute Gasteiger partial charge is 0.338 e. The number of hydrogen-bond donors (Lipinski definition) is 0. The van der Waals surface area contributed by atoms with E-state index in [0.29, 0.717) is 37.7 Å². The number of piperazine rings is 1. The van der Waals surface area contributed by atoms with Gasteiger partial charge >= 0.3 is 0 Å². The number of nitrogens with zero attached hydrogens (tertiary/aromatic N) is 4. The molecule has 2 unspecified atom stereocenters. The summed E-state index contributed by atoms with van der Waals surface area (Å²) in [5.74, 6) is 0.960. The van der Waals surface area contributed by atoms with Crippen LogP contribution in [0.15, 0.2) is 47.5 Å². The topological polar surface area (TPSA) is 66.4 Å². The first kappa shape index (κ1) is 25.2. The predicted molar refractivity (Wildman–Crippen MR) is 134 cm³/mol. The second-order valence-corrected chi connectivity index (χ2v) is 11.3. The minimum absolute atomic E-state index is 0.0342. The van der Waals surface area contributed by atoms with Crippen molar-refractivity contribution >= 4 is 23.6 Å². The van der Waals surface area contributed by atoms with Crippen LogP contribution in [-0.4, -0.2) is 63.2 Å². The first-order valence-electron chi connectivity index (χ1n) is 11.7. The third-order valence-corrected chi connectivity index (χ3v) is 6.74. The van der Waals surface area contributed by atoms with Gasteiger partial charge in [-0.25, -0.2) is 0 Å². The highest BCUT2D eigenvalue weighted by molar-refractivity contribution is 7.99. The molecule has 1 saturated heterocycles. The lowest BCUT2D eigenvalue weighted by Crippen LogP contribution is -2.56. The molecule has 2 aromatic rings. The lowest BCUT2D eigenvalue weighted by Gasteiger charge is -2.40. The molecular weight excluding hydrogens is 432 g/mol. The molecule has 1 aromatic heterocycles. The Morgan fingerprint density at radius 3 is 2.39 bits per heavy atom. The van der Waals surface area contributed by atoms with Gasteiger partial charge in [0.2, 0.25) is 11.8 Å². The quantitative estimate of drug-likeness (QED) is 0.548. The van der Waals surface area contributed by atoms with Crippen LogP contribution in [0.3, 0.4) is 0 Å². The van der Waals surface area contributed by atoms with Crippen molar-refractivity contribution in [3.63, 3.8) is 0 Å². The lowest BCUT2D eigenvalue weighted by atomic mass is 9.84. The minimum atomic E-state index is 0.0342. The molecule has 2 atom stereocenters. The molecular formula is C26H36N4O2S. The summed E-state index contributed by atoms with van der Waals surface area (Å²) in [5.41, 5.74) is 2.06. The van der Waals surface area contributed by atoms with Crippen molar-refractivity contribution in [2.45, 2.75) is 58.5 Å². The Bertz CT molecular complexity index is 928. The summed E-state index contributed by atoms with van der Waals surface area (Å²) in [5, 5.41) is 9.28. The van der Waals surface area contributed by atoms with Crippen molar-refractivity contribution in [2.24, 2.45) is 11.3 Å². The summed E-state index contributed by atoms with van der Waals surface area (Å²) in [6.07, 6.45) is 1.60. The monoisotopic (exact) mass is 468 g/mol. The Labute approximate surface area is 202 Å². The van der Waals surface area contributed by atoms with Crippen molar-refractivity contribution in [1.82, 2.24) is 20.0 Å². The molecule has 1 aliphatic heterocycles. The average molecular weight is 469 g/mol. The van der Waals surface area contributed by atoms with E-state index in [1.165, 1.54) is 11.8 Å². The minimum Gasteiger partial charge on any atom is -0.338 e. The fourth-order valence-electron chi connectivity index (χ4n) is 4.47. The summed E-state index contributed by atoms with van der Waals surface area (Å²) in [6, 6.07) is 13.8. The van der Waals surface area contributed by atoms with Gasteiger partial charge in [-0.1, -0.05) is 69.8 Å². The van der Waals surface area contributed by atoms with E-state index in [2.05, 4.69) is 37.9 Å². The van der Waals surface area contributed by atoms with Gasteiger partial charge in [-0.05, 0) is 36.8 Å². The van der Waals surface area contributed by atoms with Crippen molar-refractivity contribution in [3.05, 3.63) is 42.5 Å². The number of thioether (sulfide) groups is 1. The van der Waals surface area contributed by atoms with Crippen LogP contribution in [-0.2, 0) is 9.59 Å². The zero-order valence-corrected chi connectivity index (χ0v) is 21.3. The molecule has 1 fully saturated rings. The zero-order valence-electron chi connectivity index (χ0n) is 20.5. The third-order valence-electron chi connectivity index (χ3n) is 5.84. The van der Waals surface area contributed by atoms with Crippen molar-refractivity contribution in [1.29, 1.82) is 0 Å². The molecule has 3 rings (SSSR count). The van der Waals surface area contributed by atoms with E-state index in [1.54, 1.807) is 0 Å². The number of rotatable bonds is 7. The molecule has 0 N–H and O–H groups in total. The SMILES string of the molecule is CC(CC(=O)N1CCN(C(=O)CSc2ccc(-c3ccccc3)nn2)CC1C)CC(C)(C)C. The maximum atomic E-state index is 12.8. The fourth-order valence-corrected chi connectivity index (χ4v) is 5.19. The van der Waals surface area contributed by atoms with Gasteiger partial charge in [0.05, 0.1) is 11.4 Å². The van der Waals surface area contributed by atoms with E-state index >= 15 is 0 Å². The maximum absolute atomic E-state index is 12.8. The van der Waals surface area contributed by atoms with Gasteiger partial charge in [-0.3, -0.25) is 9.59 Å². The van der Waals surface area contributed by atoms with Crippen LogP contribution in [0.1, 0.15) is 47.5 Å². The standard InChI is InChI=1S/C26H36N4O2S/c1-19(16-26(3,4)5)15-24(31)30-14-13-29(17-20(30)2)25(32)18-33-23-12-11-22(27-28-23)21-9-7-6-8-10-21/h6-12,19-20H,13-18H2,1-5H3. The maximum Gasteiger partial charge on any atom is 0.233 e. The van der Waals surface area contributed by atoms with E-state index in [-0.39, 0.29) is 23.3 Å². The van der Waals surface area contributed by atoms with Crippen LogP contribution in [0, 0.1) is 11.3 Å². The highest BCUT2D eigenvalue weighted by Crippen LogP contribution is 2.27. The summed E-state index contributed by atoms with van der Waals surface area (Å²) in [4.78, 5) is 29.4. The predicted octanol–water partition coefficient (Wildman–Crippen LogP) is 4.76. The molecule has 0 radical (unpaired) electrons. The van der Waals surface area contributed by atoms with Crippen molar-refractivity contribution in [3.8, 4) is 11.3 Å². The lowest BCUT2D eigenvalue weighted by molar-refractivity contribution is -0.142. The van der Waals surface area contributed by atoms with Gasteiger partial charge in [0.15, 0.2) is 0 Å². The molecule has 0 aliphatic carbocycles. The Balaban J connectivity index is 1.46. The second kappa shape index (κ2) is 11.1. The van der Waals surface area contributed by atoms with Gasteiger partial charge in [0, 0.05) is 37.7 Å². The van der Waals surface area contributed by atoms with Gasteiger partial charge in [-0.2, -0.15) is 0 Å². The normalized spacial score (nSPS) is 17.7. The number of amides is 2. The van der Waals surface area contributed by atoms with E-state index < -0.39 is 0 Å². The molecule has 178 valence electrons. The van der Waals surface area contributed by atoms with E-state index in [0.717, 1.165) is 22.7 Å². The molecule has 6 nitrogen and oxygen atoms in total. The summed E-state index contributed by atoms with van der Waals surface area (Å²) in [7, 11) is 0. The average Bonchev–Trinajstić information content (AvgIpc) is 2.77. The molecule has 33 heavy (non-hydrogen) atoms. The third kappa shape index (κ3) is 7.56. The first-order valence-corrected chi connectivity index (χ1v) is 12.7.